The first-order chi connectivity index (χ1) is 12.0. The lowest BCUT2D eigenvalue weighted by Crippen LogP contribution is -2.52. The van der Waals surface area contributed by atoms with Gasteiger partial charge in [-0.1, -0.05) is 35.9 Å². The Morgan fingerprint density at radius 3 is 2.44 bits per heavy atom. The third-order valence-corrected chi connectivity index (χ3v) is 4.74. The van der Waals surface area contributed by atoms with Crippen molar-refractivity contribution >= 4 is 23.2 Å². The molecule has 2 aromatic carbocycles. The highest BCUT2D eigenvalue weighted by atomic mass is 35.5. The molecule has 0 N–H and O–H groups in total. The first kappa shape index (κ1) is 17.6. The molecule has 25 heavy (non-hydrogen) atoms. The fraction of sp³-hybridized carbons (Fsp3) is 0.350. The van der Waals surface area contributed by atoms with Crippen LogP contribution in [0.15, 0.2) is 48.5 Å². The quantitative estimate of drug-likeness (QED) is 0.834. The summed E-state index contributed by atoms with van der Waals surface area (Å²) in [6.07, 6.45) is -0.484. The number of aryl methyl sites for hydroxylation is 1. The Balaban J connectivity index is 1.58. The zero-order chi connectivity index (χ0) is 17.8. The number of amides is 1. The van der Waals surface area contributed by atoms with Crippen LogP contribution in [-0.2, 0) is 4.79 Å². The van der Waals surface area contributed by atoms with Gasteiger partial charge in [0.15, 0.2) is 6.10 Å². The van der Waals surface area contributed by atoms with Crippen LogP contribution in [0.1, 0.15) is 12.5 Å². The van der Waals surface area contributed by atoms with Gasteiger partial charge in [-0.05, 0) is 43.7 Å². The van der Waals surface area contributed by atoms with Gasteiger partial charge in [-0.2, -0.15) is 0 Å². The standard InChI is InChI=1S/C20H23ClN2O2/c1-15-8-9-17(21)14-19(15)22-10-12-23(13-11-22)20(24)16(2)25-18-6-4-3-5-7-18/h3-9,14,16H,10-13H2,1-2H3/t16-/m1/s1. The second-order valence-corrected chi connectivity index (χ2v) is 6.75. The molecule has 1 saturated heterocycles. The maximum atomic E-state index is 12.6. The van der Waals surface area contributed by atoms with Crippen LogP contribution in [0.3, 0.4) is 0 Å². The minimum atomic E-state index is -0.484. The molecule has 1 atom stereocenters. The molecule has 5 heteroatoms. The number of hydrogen-bond donors (Lipinski definition) is 0. The molecular weight excluding hydrogens is 336 g/mol. The van der Waals surface area contributed by atoms with Crippen LogP contribution in [0.2, 0.25) is 5.02 Å². The van der Waals surface area contributed by atoms with Crippen molar-refractivity contribution in [2.75, 3.05) is 31.1 Å². The first-order valence-electron chi connectivity index (χ1n) is 8.56. The van der Waals surface area contributed by atoms with Crippen LogP contribution < -0.4 is 9.64 Å². The summed E-state index contributed by atoms with van der Waals surface area (Å²) in [5.41, 5.74) is 2.35. The van der Waals surface area contributed by atoms with Gasteiger partial charge in [-0.25, -0.2) is 0 Å². The number of benzene rings is 2. The van der Waals surface area contributed by atoms with Gasteiger partial charge in [-0.15, -0.1) is 0 Å². The van der Waals surface area contributed by atoms with E-state index in [2.05, 4.69) is 11.8 Å². The van der Waals surface area contributed by atoms with E-state index in [1.807, 2.05) is 60.4 Å². The van der Waals surface area contributed by atoms with Crippen LogP contribution in [-0.4, -0.2) is 43.1 Å². The molecule has 0 bridgehead atoms. The van der Waals surface area contributed by atoms with Gasteiger partial charge in [0.25, 0.3) is 5.91 Å². The maximum absolute atomic E-state index is 12.6. The lowest BCUT2D eigenvalue weighted by Gasteiger charge is -2.37. The molecule has 0 spiro atoms. The summed E-state index contributed by atoms with van der Waals surface area (Å²) in [4.78, 5) is 16.8. The van der Waals surface area contributed by atoms with Crippen LogP contribution in [0.5, 0.6) is 5.75 Å². The molecule has 1 amide bonds. The first-order valence-corrected chi connectivity index (χ1v) is 8.94. The molecule has 1 aliphatic heterocycles. The second-order valence-electron chi connectivity index (χ2n) is 6.32. The Bertz CT molecular complexity index is 728. The molecule has 0 aromatic heterocycles. The molecule has 132 valence electrons. The van der Waals surface area contributed by atoms with Gasteiger partial charge in [0.2, 0.25) is 0 Å². The normalized spacial score (nSPS) is 15.8. The third kappa shape index (κ3) is 4.26. The van der Waals surface area contributed by atoms with E-state index in [1.165, 1.54) is 5.56 Å². The van der Waals surface area contributed by atoms with E-state index < -0.39 is 6.10 Å². The molecular formula is C20H23ClN2O2. The number of hydrogen-bond acceptors (Lipinski definition) is 3. The molecule has 1 aliphatic rings. The zero-order valence-corrected chi connectivity index (χ0v) is 15.4. The molecule has 1 heterocycles. The topological polar surface area (TPSA) is 32.8 Å². The molecule has 0 aliphatic carbocycles. The van der Waals surface area contributed by atoms with Crippen molar-refractivity contribution < 1.29 is 9.53 Å². The van der Waals surface area contributed by atoms with Crippen molar-refractivity contribution in [2.24, 2.45) is 0 Å². The van der Waals surface area contributed by atoms with Gasteiger partial charge < -0.3 is 14.5 Å². The van der Waals surface area contributed by atoms with Gasteiger partial charge in [-0.3, -0.25) is 4.79 Å². The highest BCUT2D eigenvalue weighted by molar-refractivity contribution is 6.30. The summed E-state index contributed by atoms with van der Waals surface area (Å²) in [5.74, 6) is 0.753. The summed E-state index contributed by atoms with van der Waals surface area (Å²) in [5, 5.41) is 0.740. The SMILES string of the molecule is Cc1ccc(Cl)cc1N1CCN(C(=O)[C@@H](C)Oc2ccccc2)CC1. The van der Waals surface area contributed by atoms with Crippen molar-refractivity contribution in [1.29, 1.82) is 0 Å². The van der Waals surface area contributed by atoms with Crippen molar-refractivity contribution in [3.05, 3.63) is 59.1 Å². The monoisotopic (exact) mass is 358 g/mol. The van der Waals surface area contributed by atoms with E-state index in [9.17, 15) is 4.79 Å². The van der Waals surface area contributed by atoms with E-state index >= 15 is 0 Å². The predicted octanol–water partition coefficient (Wildman–Crippen LogP) is 3.76. The Kier molecular flexibility index (Phi) is 5.49. The molecule has 2 aromatic rings. The Morgan fingerprint density at radius 1 is 1.08 bits per heavy atom. The second kappa shape index (κ2) is 7.79. The summed E-state index contributed by atoms with van der Waals surface area (Å²) >= 11 is 6.13. The minimum absolute atomic E-state index is 0.0336. The van der Waals surface area contributed by atoms with Crippen molar-refractivity contribution in [3.63, 3.8) is 0 Å². The Labute approximate surface area is 154 Å². The largest absolute Gasteiger partial charge is 0.481 e. The zero-order valence-electron chi connectivity index (χ0n) is 14.6. The summed E-state index contributed by atoms with van der Waals surface area (Å²) < 4.78 is 5.75. The molecule has 1 fully saturated rings. The van der Waals surface area contributed by atoms with E-state index in [0.29, 0.717) is 13.1 Å². The average molecular weight is 359 g/mol. The van der Waals surface area contributed by atoms with E-state index in [4.69, 9.17) is 16.3 Å². The van der Waals surface area contributed by atoms with Crippen molar-refractivity contribution in [3.8, 4) is 5.75 Å². The van der Waals surface area contributed by atoms with Gasteiger partial charge in [0.1, 0.15) is 5.75 Å². The average Bonchev–Trinajstić information content (AvgIpc) is 2.64. The van der Waals surface area contributed by atoms with E-state index in [1.54, 1.807) is 0 Å². The smallest absolute Gasteiger partial charge is 0.263 e. The van der Waals surface area contributed by atoms with Gasteiger partial charge >= 0.3 is 0 Å². The summed E-state index contributed by atoms with van der Waals surface area (Å²) in [6, 6.07) is 15.4. The summed E-state index contributed by atoms with van der Waals surface area (Å²) in [6.45, 7) is 6.86. The number of anilines is 1. The molecule has 0 saturated carbocycles. The predicted molar refractivity (Wildman–Crippen MR) is 102 cm³/mol. The highest BCUT2D eigenvalue weighted by Gasteiger charge is 2.26. The number of ether oxygens (including phenoxy) is 1. The fourth-order valence-corrected chi connectivity index (χ4v) is 3.27. The van der Waals surface area contributed by atoms with Crippen LogP contribution in [0.4, 0.5) is 5.69 Å². The molecule has 0 unspecified atom stereocenters. The highest BCUT2D eigenvalue weighted by Crippen LogP contribution is 2.25. The number of carbonyl (C=O) groups is 1. The number of piperazine rings is 1. The van der Waals surface area contributed by atoms with Crippen LogP contribution in [0, 0.1) is 6.92 Å². The number of para-hydroxylation sites is 1. The van der Waals surface area contributed by atoms with Gasteiger partial charge in [0.05, 0.1) is 0 Å². The van der Waals surface area contributed by atoms with Crippen LogP contribution >= 0.6 is 11.6 Å². The lowest BCUT2D eigenvalue weighted by atomic mass is 10.1. The lowest BCUT2D eigenvalue weighted by molar-refractivity contribution is -0.138. The Morgan fingerprint density at radius 2 is 1.76 bits per heavy atom. The van der Waals surface area contributed by atoms with Crippen molar-refractivity contribution in [2.45, 2.75) is 20.0 Å². The number of carbonyl (C=O) groups excluding carboxylic acids is 1. The number of halogens is 1. The van der Waals surface area contributed by atoms with Crippen molar-refractivity contribution in [1.82, 2.24) is 4.90 Å². The number of rotatable bonds is 4. The van der Waals surface area contributed by atoms with E-state index in [-0.39, 0.29) is 5.91 Å². The maximum Gasteiger partial charge on any atom is 0.263 e. The number of nitrogens with zero attached hydrogens (tertiary/aromatic N) is 2. The molecule has 0 radical (unpaired) electrons. The Hall–Kier alpha value is -2.20. The van der Waals surface area contributed by atoms with Crippen LogP contribution in [0.25, 0.3) is 0 Å². The third-order valence-electron chi connectivity index (χ3n) is 4.51. The molecule has 4 nitrogen and oxygen atoms in total. The summed E-state index contributed by atoms with van der Waals surface area (Å²) in [7, 11) is 0. The van der Waals surface area contributed by atoms with E-state index in [0.717, 1.165) is 29.5 Å². The molecule has 3 rings (SSSR count). The van der Waals surface area contributed by atoms with Gasteiger partial charge in [0, 0.05) is 36.9 Å². The minimum Gasteiger partial charge on any atom is -0.481 e. The fourth-order valence-electron chi connectivity index (χ4n) is 3.10.